The summed E-state index contributed by atoms with van der Waals surface area (Å²) in [5.41, 5.74) is 1.58. The van der Waals surface area contributed by atoms with Gasteiger partial charge in [-0.1, -0.05) is 0 Å². The van der Waals surface area contributed by atoms with Crippen molar-refractivity contribution in [2.45, 2.75) is 26.3 Å². The van der Waals surface area contributed by atoms with E-state index in [1.807, 2.05) is 5.48 Å². The van der Waals surface area contributed by atoms with Crippen molar-refractivity contribution in [3.05, 3.63) is 5.21 Å². The van der Waals surface area contributed by atoms with Crippen LogP contribution in [0, 0.1) is 5.21 Å². The van der Waals surface area contributed by atoms with Crippen molar-refractivity contribution in [2.24, 2.45) is 5.16 Å². The van der Waals surface area contributed by atoms with Gasteiger partial charge >= 0.3 is 0 Å². The highest BCUT2D eigenvalue weighted by Crippen LogP contribution is 2.02. The second-order valence-corrected chi connectivity index (χ2v) is 2.41. The summed E-state index contributed by atoms with van der Waals surface area (Å²) in [7, 11) is 0. The van der Waals surface area contributed by atoms with E-state index in [0.29, 0.717) is 5.71 Å². The largest absolute Gasteiger partial charge is 0.792 e. The van der Waals surface area contributed by atoms with Crippen LogP contribution in [-0.2, 0) is 0 Å². The summed E-state index contributed by atoms with van der Waals surface area (Å²) in [5, 5.41) is 21.0. The Morgan fingerprint density at radius 3 is 2.22 bits per heavy atom. The molecule has 0 aliphatic rings. The van der Waals surface area contributed by atoms with Crippen molar-refractivity contribution in [1.29, 1.82) is 0 Å². The van der Waals surface area contributed by atoms with Gasteiger partial charge in [0.25, 0.3) is 0 Å². The standard InChI is InChI=1S/C5H12N2O2/c1-4(6-8)5(2,3)7-9/h7-9H,1-3H3/p-1/b6-4+. The fourth-order valence-electron chi connectivity index (χ4n) is 0.195. The van der Waals surface area contributed by atoms with Crippen LogP contribution < -0.4 is 5.48 Å². The minimum atomic E-state index is -0.707. The third-order valence-electron chi connectivity index (χ3n) is 1.32. The van der Waals surface area contributed by atoms with Crippen molar-refractivity contribution < 1.29 is 5.21 Å². The van der Waals surface area contributed by atoms with Crippen LogP contribution in [0.4, 0.5) is 0 Å². The van der Waals surface area contributed by atoms with Gasteiger partial charge in [-0.25, -0.2) is 0 Å². The molecule has 4 nitrogen and oxygen atoms in total. The van der Waals surface area contributed by atoms with E-state index in [1.54, 1.807) is 20.8 Å². The number of nitrogens with one attached hydrogen (secondary N) is 1. The van der Waals surface area contributed by atoms with E-state index in [9.17, 15) is 5.21 Å². The lowest BCUT2D eigenvalue weighted by molar-refractivity contribution is 0.115. The first kappa shape index (κ1) is 8.39. The molecule has 0 unspecified atom stereocenters. The predicted octanol–water partition coefficient (Wildman–Crippen LogP) is 0.703. The van der Waals surface area contributed by atoms with E-state index >= 15 is 0 Å². The van der Waals surface area contributed by atoms with Gasteiger partial charge < -0.3 is 15.6 Å². The summed E-state index contributed by atoms with van der Waals surface area (Å²) < 4.78 is 0. The molecular weight excluding hydrogens is 120 g/mol. The van der Waals surface area contributed by atoms with E-state index in [1.165, 1.54) is 0 Å². The minimum absolute atomic E-state index is 0.324. The fourth-order valence-corrected chi connectivity index (χ4v) is 0.195. The topological polar surface area (TPSA) is 67.7 Å². The van der Waals surface area contributed by atoms with Crippen molar-refractivity contribution in [1.82, 2.24) is 5.48 Å². The molecule has 54 valence electrons. The second-order valence-electron chi connectivity index (χ2n) is 2.41. The normalized spacial score (nSPS) is 14.0. The summed E-state index contributed by atoms with van der Waals surface area (Å²) in [4.78, 5) is 0. The van der Waals surface area contributed by atoms with E-state index < -0.39 is 5.54 Å². The Kier molecular flexibility index (Phi) is 2.61. The highest BCUT2D eigenvalue weighted by molar-refractivity contribution is 5.90. The van der Waals surface area contributed by atoms with Crippen molar-refractivity contribution in [3.8, 4) is 0 Å². The summed E-state index contributed by atoms with van der Waals surface area (Å²) in [6, 6.07) is 0. The molecule has 0 radical (unpaired) electrons. The van der Waals surface area contributed by atoms with Gasteiger partial charge in [0.1, 0.15) is 0 Å². The molecule has 0 bridgehead atoms. The van der Waals surface area contributed by atoms with E-state index in [0.717, 1.165) is 0 Å². The molecule has 4 heteroatoms. The van der Waals surface area contributed by atoms with Crippen LogP contribution in [0.15, 0.2) is 5.16 Å². The first-order valence-electron chi connectivity index (χ1n) is 2.63. The lowest BCUT2D eigenvalue weighted by atomic mass is 10.0. The molecule has 9 heavy (non-hydrogen) atoms. The second kappa shape index (κ2) is 2.80. The third kappa shape index (κ3) is 1.99. The van der Waals surface area contributed by atoms with Gasteiger partial charge in [0.05, 0.1) is 5.54 Å². The molecule has 2 N–H and O–H groups in total. The molecule has 0 aromatic carbocycles. The third-order valence-corrected chi connectivity index (χ3v) is 1.32. The van der Waals surface area contributed by atoms with Gasteiger partial charge in [-0.3, -0.25) is 0 Å². The van der Waals surface area contributed by atoms with Gasteiger partial charge in [0, 0.05) is 5.71 Å². The molecule has 0 amide bonds. The highest BCUT2D eigenvalue weighted by Gasteiger charge is 2.18. The van der Waals surface area contributed by atoms with Crippen LogP contribution in [-0.4, -0.2) is 16.5 Å². The Balaban J connectivity index is 4.14. The molecule has 0 rings (SSSR count). The molecule has 0 fully saturated rings. The minimum Gasteiger partial charge on any atom is -0.792 e. The quantitative estimate of drug-likeness (QED) is 0.428. The van der Waals surface area contributed by atoms with Crippen LogP contribution in [0.5, 0.6) is 0 Å². The molecule has 0 aromatic rings. The zero-order chi connectivity index (χ0) is 7.49. The maximum atomic E-state index is 9.87. The van der Waals surface area contributed by atoms with Gasteiger partial charge in [-0.05, 0) is 20.8 Å². The molecule has 0 aliphatic carbocycles. The summed E-state index contributed by atoms with van der Waals surface area (Å²) >= 11 is 0. The molecule has 0 aliphatic heterocycles. The number of rotatable bonds is 2. The van der Waals surface area contributed by atoms with Crippen LogP contribution in [0.25, 0.3) is 0 Å². The molecular formula is C5H11N2O2-. The number of hydrogen-bond acceptors (Lipinski definition) is 4. The zero-order valence-corrected chi connectivity index (χ0v) is 5.80. The molecule has 0 aromatic heterocycles. The van der Waals surface area contributed by atoms with Crippen molar-refractivity contribution in [3.63, 3.8) is 0 Å². The molecule has 0 saturated carbocycles. The predicted molar refractivity (Wildman–Crippen MR) is 35.5 cm³/mol. The first-order chi connectivity index (χ1) is 4.04. The first-order valence-corrected chi connectivity index (χ1v) is 2.63. The van der Waals surface area contributed by atoms with Gasteiger partial charge in [0.2, 0.25) is 0 Å². The molecule has 0 heterocycles. The fraction of sp³-hybridized carbons (Fsp3) is 0.800. The number of hydrogen-bond donors (Lipinski definition) is 2. The van der Waals surface area contributed by atoms with Crippen molar-refractivity contribution in [2.75, 3.05) is 0 Å². The smallest absolute Gasteiger partial charge is 0.0742 e. The van der Waals surface area contributed by atoms with Crippen LogP contribution in [0.1, 0.15) is 20.8 Å². The van der Waals surface area contributed by atoms with E-state index in [-0.39, 0.29) is 0 Å². The zero-order valence-electron chi connectivity index (χ0n) is 5.80. The average molecular weight is 131 g/mol. The van der Waals surface area contributed by atoms with Crippen molar-refractivity contribution >= 4 is 5.71 Å². The summed E-state index contributed by atoms with van der Waals surface area (Å²) in [6.07, 6.45) is 0. The lowest BCUT2D eigenvalue weighted by Gasteiger charge is -2.23. The Morgan fingerprint density at radius 1 is 1.67 bits per heavy atom. The van der Waals surface area contributed by atoms with Crippen LogP contribution in [0.3, 0.4) is 0 Å². The maximum absolute atomic E-state index is 9.87. The highest BCUT2D eigenvalue weighted by atomic mass is 16.5. The molecule has 0 spiro atoms. The Morgan fingerprint density at radius 2 is 2.11 bits per heavy atom. The van der Waals surface area contributed by atoms with E-state index in [4.69, 9.17) is 5.21 Å². The summed E-state index contributed by atoms with van der Waals surface area (Å²) in [6.45, 7) is 4.86. The van der Waals surface area contributed by atoms with E-state index in [2.05, 4.69) is 5.16 Å². The summed E-state index contributed by atoms with van der Waals surface area (Å²) in [5.74, 6) is 0. The number of nitrogens with zero attached hydrogens (tertiary/aromatic N) is 1. The van der Waals surface area contributed by atoms with Gasteiger partial charge in [-0.15, -0.1) is 0 Å². The Hall–Kier alpha value is -0.610. The van der Waals surface area contributed by atoms with Gasteiger partial charge in [-0.2, -0.15) is 5.48 Å². The Bertz CT molecular complexity index is 120. The number of hydroxylamine groups is 1. The van der Waals surface area contributed by atoms with Crippen LogP contribution >= 0.6 is 0 Å². The SMILES string of the molecule is C/C(=N\[O-])C(C)(C)NO. The van der Waals surface area contributed by atoms with Crippen LogP contribution in [0.2, 0.25) is 0 Å². The van der Waals surface area contributed by atoms with Gasteiger partial charge in [0.15, 0.2) is 0 Å². The Labute approximate surface area is 54.1 Å². The molecule has 0 atom stereocenters. The monoisotopic (exact) mass is 131 g/mol. The molecule has 0 saturated heterocycles. The average Bonchev–Trinajstić information content (AvgIpc) is 1.86. The lowest BCUT2D eigenvalue weighted by Crippen LogP contribution is -2.43. The maximum Gasteiger partial charge on any atom is 0.0742 e.